The molecule has 0 aliphatic rings. The largest absolute Gasteiger partial charge is 0.368 e. The molecule has 0 aromatic heterocycles. The molecule has 0 aliphatic carbocycles. The first kappa shape index (κ1) is 20.6. The third kappa shape index (κ3) is 5.40. The SMILES string of the molecule is COCN(CCCCc1ccc(C)c(C)c1)S(=O)(=O)c1ccc(C)cc1. The molecule has 0 atom stereocenters. The summed E-state index contributed by atoms with van der Waals surface area (Å²) in [5.41, 5.74) is 4.93. The highest BCUT2D eigenvalue weighted by Crippen LogP contribution is 2.18. The van der Waals surface area contributed by atoms with Crippen LogP contribution < -0.4 is 0 Å². The number of sulfonamides is 1. The lowest BCUT2D eigenvalue weighted by Crippen LogP contribution is -2.33. The first-order valence-electron chi connectivity index (χ1n) is 8.96. The van der Waals surface area contributed by atoms with Crippen LogP contribution >= 0.6 is 0 Å². The van der Waals surface area contributed by atoms with Crippen LogP contribution in [0.3, 0.4) is 0 Å². The Balaban J connectivity index is 1.97. The van der Waals surface area contributed by atoms with Crippen molar-refractivity contribution in [3.05, 3.63) is 64.7 Å². The number of ether oxygens (including phenoxy) is 1. The molecule has 5 heteroatoms. The molecule has 0 heterocycles. The van der Waals surface area contributed by atoms with E-state index in [1.54, 1.807) is 12.1 Å². The maximum atomic E-state index is 12.8. The van der Waals surface area contributed by atoms with Gasteiger partial charge in [0.2, 0.25) is 10.0 Å². The Morgan fingerprint density at radius 1 is 0.923 bits per heavy atom. The lowest BCUT2D eigenvalue weighted by molar-refractivity contribution is 0.116. The number of rotatable bonds is 9. The summed E-state index contributed by atoms with van der Waals surface area (Å²) < 4.78 is 32.2. The van der Waals surface area contributed by atoms with Gasteiger partial charge in [0.15, 0.2) is 0 Å². The summed E-state index contributed by atoms with van der Waals surface area (Å²) >= 11 is 0. The summed E-state index contributed by atoms with van der Waals surface area (Å²) in [5.74, 6) is 0. The van der Waals surface area contributed by atoms with E-state index in [4.69, 9.17) is 4.74 Å². The lowest BCUT2D eigenvalue weighted by Gasteiger charge is -2.21. The Labute approximate surface area is 157 Å². The summed E-state index contributed by atoms with van der Waals surface area (Å²) in [6.45, 7) is 6.69. The van der Waals surface area contributed by atoms with E-state index in [9.17, 15) is 8.42 Å². The molecule has 0 N–H and O–H groups in total. The van der Waals surface area contributed by atoms with Crippen LogP contribution in [0.25, 0.3) is 0 Å². The van der Waals surface area contributed by atoms with Crippen LogP contribution in [-0.4, -0.2) is 33.1 Å². The Hall–Kier alpha value is -1.69. The first-order valence-corrected chi connectivity index (χ1v) is 10.4. The molecular weight excluding hydrogens is 346 g/mol. The monoisotopic (exact) mass is 375 g/mol. The van der Waals surface area contributed by atoms with E-state index in [-0.39, 0.29) is 6.73 Å². The zero-order valence-electron chi connectivity index (χ0n) is 16.2. The van der Waals surface area contributed by atoms with Crippen molar-refractivity contribution in [1.82, 2.24) is 4.31 Å². The van der Waals surface area contributed by atoms with E-state index in [0.717, 1.165) is 24.8 Å². The number of hydrogen-bond acceptors (Lipinski definition) is 3. The van der Waals surface area contributed by atoms with Crippen LogP contribution in [0.15, 0.2) is 47.4 Å². The van der Waals surface area contributed by atoms with E-state index >= 15 is 0 Å². The van der Waals surface area contributed by atoms with Gasteiger partial charge in [-0.1, -0.05) is 35.9 Å². The van der Waals surface area contributed by atoms with Crippen molar-refractivity contribution < 1.29 is 13.2 Å². The summed E-state index contributed by atoms with van der Waals surface area (Å²) in [5, 5.41) is 0. The van der Waals surface area contributed by atoms with Crippen LogP contribution in [0, 0.1) is 20.8 Å². The number of nitrogens with zero attached hydrogens (tertiary/aromatic N) is 1. The van der Waals surface area contributed by atoms with Gasteiger partial charge in [0, 0.05) is 13.7 Å². The predicted octanol–water partition coefficient (Wildman–Crippen LogP) is 4.23. The van der Waals surface area contributed by atoms with Crippen molar-refractivity contribution in [2.45, 2.75) is 44.9 Å². The fourth-order valence-electron chi connectivity index (χ4n) is 2.83. The molecule has 26 heavy (non-hydrogen) atoms. The van der Waals surface area contributed by atoms with Crippen molar-refractivity contribution in [2.75, 3.05) is 20.4 Å². The van der Waals surface area contributed by atoms with E-state index in [1.165, 1.54) is 28.1 Å². The lowest BCUT2D eigenvalue weighted by atomic mass is 10.0. The quantitative estimate of drug-likeness (QED) is 0.487. The zero-order valence-corrected chi connectivity index (χ0v) is 17.0. The van der Waals surface area contributed by atoms with Gasteiger partial charge in [-0.05, 0) is 68.9 Å². The average Bonchev–Trinajstić information content (AvgIpc) is 2.61. The van der Waals surface area contributed by atoms with Gasteiger partial charge in [0.05, 0.1) is 4.90 Å². The molecule has 142 valence electrons. The third-order valence-electron chi connectivity index (χ3n) is 4.63. The maximum Gasteiger partial charge on any atom is 0.245 e. The van der Waals surface area contributed by atoms with E-state index in [2.05, 4.69) is 32.0 Å². The molecule has 0 bridgehead atoms. The molecule has 0 aliphatic heterocycles. The first-order chi connectivity index (χ1) is 12.3. The number of methoxy groups -OCH3 is 1. The number of hydrogen-bond donors (Lipinski definition) is 0. The summed E-state index contributed by atoms with van der Waals surface area (Å²) in [6.07, 6.45) is 2.68. The van der Waals surface area contributed by atoms with Crippen molar-refractivity contribution in [1.29, 1.82) is 0 Å². The second-order valence-corrected chi connectivity index (χ2v) is 8.72. The Bertz CT molecular complexity index is 814. The van der Waals surface area contributed by atoms with Crippen LogP contribution in [0.1, 0.15) is 35.1 Å². The van der Waals surface area contributed by atoms with E-state index < -0.39 is 10.0 Å². The van der Waals surface area contributed by atoms with Crippen molar-refractivity contribution >= 4 is 10.0 Å². The normalized spacial score (nSPS) is 11.9. The second kappa shape index (κ2) is 9.31. The van der Waals surface area contributed by atoms with Gasteiger partial charge < -0.3 is 4.74 Å². The minimum Gasteiger partial charge on any atom is -0.368 e. The number of benzene rings is 2. The standard InChI is InChI=1S/C21H29NO3S/c1-17-8-12-21(13-9-17)26(23,24)22(16-25-4)14-6-5-7-20-11-10-18(2)19(3)15-20/h8-13,15H,5-7,14,16H2,1-4H3. The molecule has 0 saturated heterocycles. The van der Waals surface area contributed by atoms with Gasteiger partial charge in [-0.2, -0.15) is 4.31 Å². The second-order valence-electron chi connectivity index (χ2n) is 6.79. The molecule has 0 unspecified atom stereocenters. The topological polar surface area (TPSA) is 46.6 Å². The average molecular weight is 376 g/mol. The molecule has 4 nitrogen and oxygen atoms in total. The molecule has 0 radical (unpaired) electrons. The van der Waals surface area contributed by atoms with Crippen molar-refractivity contribution in [3.63, 3.8) is 0 Å². The van der Waals surface area contributed by atoms with Crippen molar-refractivity contribution in [3.8, 4) is 0 Å². The molecular formula is C21H29NO3S. The summed E-state index contributed by atoms with van der Waals surface area (Å²) in [7, 11) is -2.01. The minimum atomic E-state index is -3.53. The van der Waals surface area contributed by atoms with Gasteiger partial charge in [-0.15, -0.1) is 0 Å². The van der Waals surface area contributed by atoms with Gasteiger partial charge in [0.1, 0.15) is 6.73 Å². The van der Waals surface area contributed by atoms with Crippen LogP contribution in [-0.2, 0) is 21.2 Å². The van der Waals surface area contributed by atoms with E-state index in [0.29, 0.717) is 11.4 Å². The number of aryl methyl sites for hydroxylation is 4. The molecule has 2 aromatic carbocycles. The fourth-order valence-corrected chi connectivity index (χ4v) is 4.23. The smallest absolute Gasteiger partial charge is 0.245 e. The van der Waals surface area contributed by atoms with Gasteiger partial charge in [-0.3, -0.25) is 0 Å². The van der Waals surface area contributed by atoms with Crippen molar-refractivity contribution in [2.24, 2.45) is 0 Å². The predicted molar refractivity (Wildman–Crippen MR) is 106 cm³/mol. The molecule has 2 aromatic rings. The molecule has 0 saturated carbocycles. The zero-order chi connectivity index (χ0) is 19.2. The highest BCUT2D eigenvalue weighted by atomic mass is 32.2. The molecule has 2 rings (SSSR count). The van der Waals surface area contributed by atoms with Gasteiger partial charge >= 0.3 is 0 Å². The van der Waals surface area contributed by atoms with Gasteiger partial charge in [0.25, 0.3) is 0 Å². The Morgan fingerprint density at radius 2 is 1.62 bits per heavy atom. The third-order valence-corrected chi connectivity index (χ3v) is 6.46. The summed E-state index contributed by atoms with van der Waals surface area (Å²) in [4.78, 5) is 0.314. The maximum absolute atomic E-state index is 12.8. The van der Waals surface area contributed by atoms with Gasteiger partial charge in [-0.25, -0.2) is 8.42 Å². The molecule has 0 amide bonds. The number of unbranched alkanes of at least 4 members (excludes halogenated alkanes) is 1. The fraction of sp³-hybridized carbons (Fsp3) is 0.429. The minimum absolute atomic E-state index is 0.0693. The highest BCUT2D eigenvalue weighted by molar-refractivity contribution is 7.89. The molecule has 0 fully saturated rings. The Morgan fingerprint density at radius 3 is 2.23 bits per heavy atom. The van der Waals surface area contributed by atoms with Crippen LogP contribution in [0.2, 0.25) is 0 Å². The van der Waals surface area contributed by atoms with Crippen LogP contribution in [0.4, 0.5) is 0 Å². The highest BCUT2D eigenvalue weighted by Gasteiger charge is 2.23. The van der Waals surface area contributed by atoms with E-state index in [1.807, 2.05) is 19.1 Å². The van der Waals surface area contributed by atoms with Crippen LogP contribution in [0.5, 0.6) is 0 Å². The Kier molecular flexibility index (Phi) is 7.38. The summed E-state index contributed by atoms with van der Waals surface area (Å²) in [6, 6.07) is 13.5. The molecule has 0 spiro atoms.